The molecule has 27 heavy (non-hydrogen) atoms. The number of anilines is 2. The third-order valence-electron chi connectivity index (χ3n) is 3.53. The molecule has 140 valence electrons. The van der Waals surface area contributed by atoms with E-state index in [1.54, 1.807) is 18.2 Å². The van der Waals surface area contributed by atoms with E-state index >= 15 is 0 Å². The van der Waals surface area contributed by atoms with Gasteiger partial charge in [-0.05, 0) is 18.2 Å². The van der Waals surface area contributed by atoms with E-state index in [1.165, 1.54) is 24.7 Å². The number of rotatable bonds is 6. The molecule has 3 rings (SSSR count). The summed E-state index contributed by atoms with van der Waals surface area (Å²) < 4.78 is 43.2. The van der Waals surface area contributed by atoms with Gasteiger partial charge in [0.15, 0.2) is 0 Å². The number of aromatic nitrogens is 3. The first kappa shape index (κ1) is 18.6. The normalized spacial score (nSPS) is 11.3. The quantitative estimate of drug-likeness (QED) is 0.683. The predicted octanol–water partition coefficient (Wildman–Crippen LogP) is 3.67. The van der Waals surface area contributed by atoms with Gasteiger partial charge in [0.1, 0.15) is 18.8 Å². The van der Waals surface area contributed by atoms with E-state index in [2.05, 4.69) is 20.3 Å². The summed E-state index contributed by atoms with van der Waals surface area (Å²) >= 11 is 0. The number of aliphatic hydroxyl groups excluding tert-OH is 1. The number of pyridine rings is 1. The average molecular weight is 376 g/mol. The van der Waals surface area contributed by atoms with Crippen LogP contribution in [0.4, 0.5) is 24.7 Å². The fourth-order valence-corrected chi connectivity index (χ4v) is 2.25. The molecule has 2 N–H and O–H groups in total. The molecular weight excluding hydrogens is 361 g/mol. The lowest BCUT2D eigenvalue weighted by Crippen LogP contribution is -2.04. The molecule has 0 spiro atoms. The van der Waals surface area contributed by atoms with E-state index in [9.17, 15) is 13.2 Å². The largest absolute Gasteiger partial charge is 0.475 e. The van der Waals surface area contributed by atoms with Gasteiger partial charge in [-0.1, -0.05) is 12.1 Å². The molecule has 0 radical (unpaired) electrons. The predicted molar refractivity (Wildman–Crippen MR) is 92.6 cm³/mol. The van der Waals surface area contributed by atoms with Gasteiger partial charge in [-0.25, -0.2) is 15.0 Å². The number of hydrogen-bond acceptors (Lipinski definition) is 6. The number of alkyl halides is 3. The summed E-state index contributed by atoms with van der Waals surface area (Å²) in [6.07, 6.45) is -1.52. The highest BCUT2D eigenvalue weighted by Gasteiger charge is 2.30. The molecule has 3 aromatic rings. The van der Waals surface area contributed by atoms with Crippen molar-refractivity contribution in [2.75, 3.05) is 18.5 Å². The highest BCUT2D eigenvalue weighted by molar-refractivity contribution is 5.65. The van der Waals surface area contributed by atoms with Crippen LogP contribution in [0.3, 0.4) is 0 Å². The highest BCUT2D eigenvalue weighted by atomic mass is 19.4. The van der Waals surface area contributed by atoms with Crippen LogP contribution in [0.15, 0.2) is 55.0 Å². The summed E-state index contributed by atoms with van der Waals surface area (Å²) in [5.74, 6) is 0.841. The van der Waals surface area contributed by atoms with Gasteiger partial charge in [0, 0.05) is 17.7 Å². The molecule has 0 aliphatic rings. The van der Waals surface area contributed by atoms with Crippen LogP contribution >= 0.6 is 0 Å². The lowest BCUT2D eigenvalue weighted by molar-refractivity contribution is -0.137. The number of aliphatic hydroxyl groups is 1. The number of halogens is 3. The number of hydrogen-bond donors (Lipinski definition) is 2. The van der Waals surface area contributed by atoms with E-state index in [-0.39, 0.29) is 13.2 Å². The van der Waals surface area contributed by atoms with Gasteiger partial charge >= 0.3 is 6.18 Å². The molecular formula is C18H15F3N4O2. The van der Waals surface area contributed by atoms with Gasteiger partial charge in [0.05, 0.1) is 29.7 Å². The van der Waals surface area contributed by atoms with Crippen molar-refractivity contribution >= 4 is 11.5 Å². The third-order valence-corrected chi connectivity index (χ3v) is 3.53. The van der Waals surface area contributed by atoms with Gasteiger partial charge in [-0.2, -0.15) is 13.2 Å². The Morgan fingerprint density at radius 3 is 2.41 bits per heavy atom. The molecule has 0 aliphatic carbocycles. The lowest BCUT2D eigenvalue weighted by atomic mass is 10.1. The first-order chi connectivity index (χ1) is 13.0. The first-order valence-corrected chi connectivity index (χ1v) is 7.92. The second kappa shape index (κ2) is 8.00. The minimum absolute atomic E-state index is 0.102. The maximum absolute atomic E-state index is 12.7. The average Bonchev–Trinajstić information content (AvgIpc) is 2.67. The standard InChI is InChI=1S/C18H15F3N4O2/c19-18(20,21)13-3-1-12(2-4-13)15-9-16(24-11-23-15)25-14-5-6-17(22-10-14)27-8-7-26/h1-6,9-11,26H,7-8H2,(H,23,24,25). The molecule has 6 nitrogen and oxygen atoms in total. The zero-order chi connectivity index (χ0) is 19.3. The highest BCUT2D eigenvalue weighted by Crippen LogP contribution is 2.31. The van der Waals surface area contributed by atoms with Crippen LogP contribution in [0.25, 0.3) is 11.3 Å². The van der Waals surface area contributed by atoms with Crippen molar-refractivity contribution < 1.29 is 23.0 Å². The smallest absolute Gasteiger partial charge is 0.416 e. The van der Waals surface area contributed by atoms with E-state index in [4.69, 9.17) is 9.84 Å². The molecule has 1 aromatic carbocycles. The molecule has 2 aromatic heterocycles. The summed E-state index contributed by atoms with van der Waals surface area (Å²) in [5, 5.41) is 11.8. The maximum atomic E-state index is 12.7. The number of nitrogens with zero attached hydrogens (tertiary/aromatic N) is 3. The summed E-state index contributed by atoms with van der Waals surface area (Å²) in [6.45, 7) is 0.0531. The van der Waals surface area contributed by atoms with Crippen LogP contribution < -0.4 is 10.1 Å². The number of nitrogens with one attached hydrogen (secondary N) is 1. The molecule has 0 saturated heterocycles. The minimum atomic E-state index is -4.38. The molecule has 0 amide bonds. The van der Waals surface area contributed by atoms with Crippen molar-refractivity contribution in [1.82, 2.24) is 15.0 Å². The SMILES string of the molecule is OCCOc1ccc(Nc2cc(-c3ccc(C(F)(F)F)cc3)ncn2)cn1. The summed E-state index contributed by atoms with van der Waals surface area (Å²) in [7, 11) is 0. The van der Waals surface area contributed by atoms with Gasteiger partial charge < -0.3 is 15.2 Å². The van der Waals surface area contributed by atoms with Crippen LogP contribution in [0.5, 0.6) is 5.88 Å². The summed E-state index contributed by atoms with van der Waals surface area (Å²) in [5.41, 5.74) is 0.952. The Morgan fingerprint density at radius 2 is 1.78 bits per heavy atom. The van der Waals surface area contributed by atoms with E-state index < -0.39 is 11.7 Å². The molecule has 2 heterocycles. The Balaban J connectivity index is 1.74. The Morgan fingerprint density at radius 1 is 1.00 bits per heavy atom. The van der Waals surface area contributed by atoms with Crippen molar-refractivity contribution in [3.63, 3.8) is 0 Å². The zero-order valence-corrected chi connectivity index (χ0v) is 13.9. The van der Waals surface area contributed by atoms with Crippen LogP contribution in [-0.4, -0.2) is 33.3 Å². The number of ether oxygens (including phenoxy) is 1. The monoisotopic (exact) mass is 376 g/mol. The fourth-order valence-electron chi connectivity index (χ4n) is 2.25. The molecule has 9 heteroatoms. The van der Waals surface area contributed by atoms with Crippen molar-refractivity contribution in [1.29, 1.82) is 0 Å². The Kier molecular flexibility index (Phi) is 5.51. The summed E-state index contributed by atoms with van der Waals surface area (Å²) in [6, 6.07) is 9.74. The molecule has 0 saturated carbocycles. The molecule has 0 atom stereocenters. The molecule has 0 aliphatic heterocycles. The van der Waals surface area contributed by atoms with Crippen molar-refractivity contribution in [3.05, 3.63) is 60.6 Å². The third kappa shape index (κ3) is 4.91. The minimum Gasteiger partial charge on any atom is -0.475 e. The Bertz CT molecular complexity index is 884. The van der Waals surface area contributed by atoms with Gasteiger partial charge in [-0.3, -0.25) is 0 Å². The van der Waals surface area contributed by atoms with Crippen LogP contribution in [-0.2, 0) is 6.18 Å². The van der Waals surface area contributed by atoms with Gasteiger partial charge in [0.2, 0.25) is 5.88 Å². The number of benzene rings is 1. The molecule has 0 fully saturated rings. The van der Waals surface area contributed by atoms with E-state index in [0.29, 0.717) is 28.6 Å². The van der Waals surface area contributed by atoms with Crippen molar-refractivity contribution in [3.8, 4) is 17.1 Å². The molecule has 0 unspecified atom stereocenters. The fraction of sp³-hybridized carbons (Fsp3) is 0.167. The van der Waals surface area contributed by atoms with Crippen LogP contribution in [0, 0.1) is 0 Å². The Hall–Kier alpha value is -3.20. The van der Waals surface area contributed by atoms with Gasteiger partial charge in [0.25, 0.3) is 0 Å². The summed E-state index contributed by atoms with van der Waals surface area (Å²) in [4.78, 5) is 12.3. The topological polar surface area (TPSA) is 80.2 Å². The lowest BCUT2D eigenvalue weighted by Gasteiger charge is -2.09. The second-order valence-electron chi connectivity index (χ2n) is 5.45. The van der Waals surface area contributed by atoms with Crippen LogP contribution in [0.1, 0.15) is 5.56 Å². The van der Waals surface area contributed by atoms with Crippen LogP contribution in [0.2, 0.25) is 0 Å². The zero-order valence-electron chi connectivity index (χ0n) is 13.9. The Labute approximate surface area is 152 Å². The first-order valence-electron chi connectivity index (χ1n) is 7.92. The molecule has 0 bridgehead atoms. The second-order valence-corrected chi connectivity index (χ2v) is 5.45. The maximum Gasteiger partial charge on any atom is 0.416 e. The van der Waals surface area contributed by atoms with Crippen molar-refractivity contribution in [2.24, 2.45) is 0 Å². The van der Waals surface area contributed by atoms with Gasteiger partial charge in [-0.15, -0.1) is 0 Å². The van der Waals surface area contributed by atoms with E-state index in [0.717, 1.165) is 12.1 Å². The van der Waals surface area contributed by atoms with E-state index in [1.807, 2.05) is 0 Å². The van der Waals surface area contributed by atoms with Crippen molar-refractivity contribution in [2.45, 2.75) is 6.18 Å².